The van der Waals surface area contributed by atoms with E-state index in [1.54, 1.807) is 48.7 Å². The summed E-state index contributed by atoms with van der Waals surface area (Å²) in [6.07, 6.45) is 4.03. The highest BCUT2D eigenvalue weighted by molar-refractivity contribution is 6.30. The van der Waals surface area contributed by atoms with Crippen LogP contribution in [0.1, 0.15) is 15.9 Å². The highest BCUT2D eigenvalue weighted by Crippen LogP contribution is 2.19. The fraction of sp³-hybridized carbons (Fsp3) is 0. The molecule has 0 aliphatic carbocycles. The highest BCUT2D eigenvalue weighted by Gasteiger charge is 2.19. The van der Waals surface area contributed by atoms with Crippen LogP contribution in [0.5, 0.6) is 0 Å². The third kappa shape index (κ3) is 3.67. The summed E-state index contributed by atoms with van der Waals surface area (Å²) in [5.41, 5.74) is -0.0835. The van der Waals surface area contributed by atoms with Gasteiger partial charge in [-0.2, -0.15) is 15.0 Å². The van der Waals surface area contributed by atoms with Crippen molar-refractivity contribution in [2.24, 2.45) is 0 Å². The zero-order valence-electron chi connectivity index (χ0n) is 15.2. The minimum atomic E-state index is -0.736. The van der Waals surface area contributed by atoms with Crippen molar-refractivity contribution in [2.45, 2.75) is 0 Å². The third-order valence-corrected chi connectivity index (χ3v) is 4.40. The van der Waals surface area contributed by atoms with Crippen molar-refractivity contribution in [1.29, 1.82) is 5.26 Å². The molecule has 0 saturated heterocycles. The van der Waals surface area contributed by atoms with Gasteiger partial charge in [0.25, 0.3) is 11.5 Å². The number of nitrogens with one attached hydrogen (secondary N) is 2. The van der Waals surface area contributed by atoms with Gasteiger partial charge in [-0.1, -0.05) is 17.7 Å². The van der Waals surface area contributed by atoms with Crippen LogP contribution in [0.2, 0.25) is 5.02 Å². The van der Waals surface area contributed by atoms with E-state index < -0.39 is 11.5 Å². The molecule has 3 heterocycles. The number of benzene rings is 1. The molecular weight excluding hydrogens is 406 g/mol. The zero-order chi connectivity index (χ0) is 21.1. The zero-order valence-corrected chi connectivity index (χ0v) is 16.0. The molecule has 0 atom stereocenters. The summed E-state index contributed by atoms with van der Waals surface area (Å²) < 4.78 is 1.31. The number of carbonyl (C=O) groups excluding carboxylic acids is 1. The first-order valence-corrected chi connectivity index (χ1v) is 9.01. The standard InChI is InChI=1S/C20H12ClN7O2/c21-14-6-4-12(5-7-14)17-24-11-15(19(29)26-17)20(30)27-18-13(9-22)10-25-28(18)16-3-1-2-8-23-16/h1-8,10-11H,(H,27,30)(H,24,26,29). The Morgan fingerprint density at radius 3 is 2.60 bits per heavy atom. The fourth-order valence-corrected chi connectivity index (χ4v) is 2.82. The second-order valence-electron chi connectivity index (χ2n) is 6.05. The molecule has 0 unspecified atom stereocenters. The highest BCUT2D eigenvalue weighted by atomic mass is 35.5. The van der Waals surface area contributed by atoms with Gasteiger partial charge >= 0.3 is 0 Å². The van der Waals surface area contributed by atoms with Gasteiger partial charge in [0, 0.05) is 23.0 Å². The largest absolute Gasteiger partial charge is 0.306 e. The molecular formula is C20H12ClN7O2. The lowest BCUT2D eigenvalue weighted by Gasteiger charge is -2.09. The number of nitrogens with zero attached hydrogens (tertiary/aromatic N) is 5. The van der Waals surface area contributed by atoms with Crippen molar-refractivity contribution in [3.63, 3.8) is 0 Å². The number of rotatable bonds is 4. The lowest BCUT2D eigenvalue weighted by atomic mass is 10.2. The van der Waals surface area contributed by atoms with Gasteiger partial charge in [0.1, 0.15) is 23.0 Å². The minimum Gasteiger partial charge on any atom is -0.306 e. The van der Waals surface area contributed by atoms with E-state index in [1.807, 2.05) is 6.07 Å². The molecule has 4 rings (SSSR count). The van der Waals surface area contributed by atoms with Gasteiger partial charge in [-0.25, -0.2) is 9.97 Å². The molecule has 2 N–H and O–H groups in total. The van der Waals surface area contributed by atoms with E-state index >= 15 is 0 Å². The van der Waals surface area contributed by atoms with Gasteiger partial charge in [0.2, 0.25) is 0 Å². The predicted octanol–water partition coefficient (Wildman–Crippen LogP) is 2.79. The molecule has 3 aromatic heterocycles. The van der Waals surface area contributed by atoms with E-state index in [-0.39, 0.29) is 16.9 Å². The van der Waals surface area contributed by atoms with Crippen LogP contribution in [0.3, 0.4) is 0 Å². The molecule has 1 amide bonds. The van der Waals surface area contributed by atoms with Crippen LogP contribution in [0.4, 0.5) is 5.82 Å². The number of halogens is 1. The summed E-state index contributed by atoms with van der Waals surface area (Å²) in [4.78, 5) is 36.1. The molecule has 0 radical (unpaired) electrons. The van der Waals surface area contributed by atoms with E-state index in [0.29, 0.717) is 22.2 Å². The van der Waals surface area contributed by atoms with Crippen molar-refractivity contribution >= 4 is 23.3 Å². The summed E-state index contributed by atoms with van der Waals surface area (Å²) in [5, 5.41) is 16.5. The molecule has 0 aliphatic rings. The van der Waals surface area contributed by atoms with Crippen LogP contribution < -0.4 is 10.9 Å². The first-order valence-electron chi connectivity index (χ1n) is 8.63. The number of aromatic nitrogens is 5. The molecule has 0 fully saturated rings. The monoisotopic (exact) mass is 417 g/mol. The molecule has 0 saturated carbocycles. The van der Waals surface area contributed by atoms with Crippen molar-refractivity contribution in [3.8, 4) is 23.3 Å². The molecule has 9 nitrogen and oxygen atoms in total. The number of aromatic amines is 1. The average Bonchev–Trinajstić information content (AvgIpc) is 3.17. The second-order valence-corrected chi connectivity index (χ2v) is 6.49. The number of H-pyrrole nitrogens is 1. The van der Waals surface area contributed by atoms with Crippen LogP contribution in [0.15, 0.2) is 65.8 Å². The maximum Gasteiger partial charge on any atom is 0.264 e. The lowest BCUT2D eigenvalue weighted by molar-refractivity contribution is 0.102. The van der Waals surface area contributed by atoms with E-state index in [1.165, 1.54) is 17.1 Å². The third-order valence-electron chi connectivity index (χ3n) is 4.15. The Balaban J connectivity index is 1.65. The first-order chi connectivity index (χ1) is 14.6. The Hall–Kier alpha value is -4.29. The predicted molar refractivity (Wildman–Crippen MR) is 109 cm³/mol. The van der Waals surface area contributed by atoms with E-state index in [0.717, 1.165) is 0 Å². The van der Waals surface area contributed by atoms with E-state index in [2.05, 4.69) is 25.4 Å². The maximum absolute atomic E-state index is 12.7. The Morgan fingerprint density at radius 2 is 1.93 bits per heavy atom. The quantitative estimate of drug-likeness (QED) is 0.525. The van der Waals surface area contributed by atoms with Crippen molar-refractivity contribution in [3.05, 3.63) is 87.6 Å². The molecule has 0 spiro atoms. The van der Waals surface area contributed by atoms with E-state index in [4.69, 9.17) is 11.6 Å². The molecule has 30 heavy (non-hydrogen) atoms. The van der Waals surface area contributed by atoms with Gasteiger partial charge in [-0.05, 0) is 36.4 Å². The number of carbonyl (C=O) groups is 1. The van der Waals surface area contributed by atoms with E-state index in [9.17, 15) is 14.9 Å². The topological polar surface area (TPSA) is 129 Å². The smallest absolute Gasteiger partial charge is 0.264 e. The summed E-state index contributed by atoms with van der Waals surface area (Å²) in [7, 11) is 0. The van der Waals surface area contributed by atoms with Crippen LogP contribution in [-0.2, 0) is 0 Å². The molecule has 1 aromatic carbocycles. The molecule has 0 aliphatic heterocycles. The van der Waals surface area contributed by atoms with Crippen LogP contribution in [0.25, 0.3) is 17.2 Å². The van der Waals surface area contributed by atoms with Gasteiger partial charge in [-0.15, -0.1) is 0 Å². The minimum absolute atomic E-state index is 0.0994. The maximum atomic E-state index is 12.7. The summed E-state index contributed by atoms with van der Waals surface area (Å²) in [5.74, 6) is 0.0619. The number of pyridine rings is 1. The van der Waals surface area contributed by atoms with Gasteiger partial charge in [-0.3, -0.25) is 9.59 Å². The molecule has 146 valence electrons. The van der Waals surface area contributed by atoms with Crippen molar-refractivity contribution in [1.82, 2.24) is 24.7 Å². The number of amides is 1. The molecule has 10 heteroatoms. The Kier molecular flexibility index (Phi) is 5.07. The van der Waals surface area contributed by atoms with Crippen LogP contribution in [-0.4, -0.2) is 30.6 Å². The van der Waals surface area contributed by atoms with Gasteiger partial charge in [0.15, 0.2) is 11.6 Å². The molecule has 4 aromatic rings. The molecule has 0 bridgehead atoms. The SMILES string of the molecule is N#Cc1cnn(-c2ccccn2)c1NC(=O)c1cnc(-c2ccc(Cl)cc2)[nH]c1=O. The number of nitriles is 1. The van der Waals surface area contributed by atoms with Crippen LogP contribution >= 0.6 is 11.6 Å². The number of anilines is 1. The Morgan fingerprint density at radius 1 is 1.13 bits per heavy atom. The van der Waals surface area contributed by atoms with Gasteiger partial charge < -0.3 is 10.3 Å². The average molecular weight is 418 g/mol. The summed E-state index contributed by atoms with van der Waals surface area (Å²) >= 11 is 5.87. The summed E-state index contributed by atoms with van der Waals surface area (Å²) in [6.45, 7) is 0. The second kappa shape index (κ2) is 7.98. The number of hydrogen-bond acceptors (Lipinski definition) is 6. The Labute approximate surface area is 174 Å². The number of hydrogen-bond donors (Lipinski definition) is 2. The Bertz CT molecular complexity index is 1320. The first kappa shape index (κ1) is 19.0. The van der Waals surface area contributed by atoms with Gasteiger partial charge in [0.05, 0.1) is 6.20 Å². The van der Waals surface area contributed by atoms with Crippen molar-refractivity contribution in [2.75, 3.05) is 5.32 Å². The fourth-order valence-electron chi connectivity index (χ4n) is 2.69. The van der Waals surface area contributed by atoms with Crippen LogP contribution in [0, 0.1) is 11.3 Å². The summed E-state index contributed by atoms with van der Waals surface area (Å²) in [6, 6.07) is 13.8. The normalized spacial score (nSPS) is 10.4. The lowest BCUT2D eigenvalue weighted by Crippen LogP contribution is -2.25. The van der Waals surface area contributed by atoms with Crippen molar-refractivity contribution < 1.29 is 4.79 Å².